The van der Waals surface area contributed by atoms with E-state index in [2.05, 4.69) is 20.1 Å². The fraction of sp³-hybridized carbons (Fsp3) is 0.333. The fourth-order valence-electron chi connectivity index (χ4n) is 1.45. The normalized spacial score (nSPS) is 11.1. The average Bonchev–Trinajstić information content (AvgIpc) is 2.43. The van der Waals surface area contributed by atoms with Gasteiger partial charge in [-0.2, -0.15) is 0 Å². The number of hydrogen-bond donors (Lipinski definition) is 2. The molecular weight excluding hydrogens is 278 g/mol. The zero-order chi connectivity index (χ0) is 15.7. The largest absolute Gasteiger partial charge is 0.420 e. The molecular formula is C12H15N5O4. The highest BCUT2D eigenvalue weighted by atomic mass is 16.7. The summed E-state index contributed by atoms with van der Waals surface area (Å²) in [7, 11) is 0. The van der Waals surface area contributed by atoms with E-state index in [9.17, 15) is 9.59 Å². The van der Waals surface area contributed by atoms with Gasteiger partial charge in [-0.3, -0.25) is 4.79 Å². The molecule has 1 aromatic carbocycles. The van der Waals surface area contributed by atoms with Crippen LogP contribution in [-0.2, 0) is 9.47 Å². The number of nitrogens with one attached hydrogen (secondary N) is 1. The van der Waals surface area contributed by atoms with Gasteiger partial charge in [0.15, 0.2) is 0 Å². The zero-order valence-corrected chi connectivity index (χ0v) is 11.4. The van der Waals surface area contributed by atoms with Crippen LogP contribution in [0.5, 0.6) is 0 Å². The van der Waals surface area contributed by atoms with E-state index in [0.717, 1.165) is 0 Å². The number of carbonyl (C=O) groups is 2. The average molecular weight is 293 g/mol. The topological polar surface area (TPSA) is 139 Å². The number of amides is 2. The quantitative estimate of drug-likeness (QED) is 0.260. The second-order valence-corrected chi connectivity index (χ2v) is 3.87. The number of nitrogens with zero attached hydrogens (tertiary/aromatic N) is 3. The third kappa shape index (κ3) is 6.28. The minimum absolute atomic E-state index is 0.149. The van der Waals surface area contributed by atoms with Gasteiger partial charge in [-0.05, 0) is 24.6 Å². The number of azide groups is 1. The SMILES string of the molecule is CC(OCCNC(=O)c1cccc(N=[N+]=[N-])c1)OC(N)=O. The van der Waals surface area contributed by atoms with E-state index < -0.39 is 12.4 Å². The third-order valence-electron chi connectivity index (χ3n) is 2.29. The van der Waals surface area contributed by atoms with E-state index in [-0.39, 0.29) is 19.1 Å². The second-order valence-electron chi connectivity index (χ2n) is 3.87. The number of hydrogen-bond acceptors (Lipinski definition) is 5. The first-order valence-corrected chi connectivity index (χ1v) is 6.04. The predicted molar refractivity (Wildman–Crippen MR) is 73.7 cm³/mol. The molecule has 1 atom stereocenters. The molecule has 0 aromatic heterocycles. The molecule has 1 aromatic rings. The molecule has 0 aliphatic rings. The standard InChI is InChI=1S/C12H15N5O4/c1-8(21-12(13)19)20-6-5-15-11(18)9-3-2-4-10(7-9)16-17-14/h2-4,7-8H,5-6H2,1H3,(H2,13,19)(H,15,18). The van der Waals surface area contributed by atoms with E-state index in [1.807, 2.05) is 0 Å². The van der Waals surface area contributed by atoms with Gasteiger partial charge in [0.2, 0.25) is 6.29 Å². The zero-order valence-electron chi connectivity index (χ0n) is 11.4. The van der Waals surface area contributed by atoms with Crippen molar-refractivity contribution in [2.24, 2.45) is 10.8 Å². The molecule has 3 N–H and O–H groups in total. The smallest absolute Gasteiger partial charge is 0.406 e. The predicted octanol–water partition coefficient (Wildman–Crippen LogP) is 1.82. The minimum atomic E-state index is -0.929. The Morgan fingerprint density at radius 3 is 2.95 bits per heavy atom. The van der Waals surface area contributed by atoms with Crippen LogP contribution in [0.1, 0.15) is 17.3 Å². The Bertz CT molecular complexity index is 556. The van der Waals surface area contributed by atoms with Crippen LogP contribution in [0.15, 0.2) is 29.4 Å². The second kappa shape index (κ2) is 8.41. The van der Waals surface area contributed by atoms with Gasteiger partial charge in [-0.1, -0.05) is 17.2 Å². The molecule has 0 aliphatic carbocycles. The summed E-state index contributed by atoms with van der Waals surface area (Å²) >= 11 is 0. The van der Waals surface area contributed by atoms with Crippen LogP contribution in [0.3, 0.4) is 0 Å². The maximum absolute atomic E-state index is 11.8. The summed E-state index contributed by atoms with van der Waals surface area (Å²) < 4.78 is 9.64. The molecule has 9 nitrogen and oxygen atoms in total. The molecule has 1 rings (SSSR count). The van der Waals surface area contributed by atoms with E-state index in [0.29, 0.717) is 11.3 Å². The Hall–Kier alpha value is -2.77. The number of carbonyl (C=O) groups excluding carboxylic acids is 2. The van der Waals surface area contributed by atoms with Crippen molar-refractivity contribution in [1.29, 1.82) is 0 Å². The molecule has 1 unspecified atom stereocenters. The van der Waals surface area contributed by atoms with E-state index in [1.165, 1.54) is 13.0 Å². The molecule has 9 heteroatoms. The van der Waals surface area contributed by atoms with E-state index >= 15 is 0 Å². The Morgan fingerprint density at radius 2 is 2.29 bits per heavy atom. The van der Waals surface area contributed by atoms with Gasteiger partial charge in [0.05, 0.1) is 6.61 Å². The molecule has 21 heavy (non-hydrogen) atoms. The molecule has 0 spiro atoms. The maximum Gasteiger partial charge on any atom is 0.406 e. The monoisotopic (exact) mass is 293 g/mol. The van der Waals surface area contributed by atoms with Gasteiger partial charge in [-0.15, -0.1) is 0 Å². The van der Waals surface area contributed by atoms with Crippen LogP contribution in [0.4, 0.5) is 10.5 Å². The molecule has 0 fully saturated rings. The van der Waals surface area contributed by atoms with Gasteiger partial charge >= 0.3 is 6.09 Å². The van der Waals surface area contributed by atoms with Crippen LogP contribution in [-0.4, -0.2) is 31.4 Å². The Morgan fingerprint density at radius 1 is 1.52 bits per heavy atom. The summed E-state index contributed by atoms with van der Waals surface area (Å²) in [6.45, 7) is 1.88. The lowest BCUT2D eigenvalue weighted by atomic mass is 10.2. The highest BCUT2D eigenvalue weighted by Gasteiger charge is 2.07. The number of benzene rings is 1. The first-order chi connectivity index (χ1) is 10.0. The van der Waals surface area contributed by atoms with Crippen molar-refractivity contribution < 1.29 is 19.1 Å². The van der Waals surface area contributed by atoms with Crippen molar-refractivity contribution in [3.8, 4) is 0 Å². The van der Waals surface area contributed by atoms with Gasteiger partial charge in [0.25, 0.3) is 5.91 Å². The van der Waals surface area contributed by atoms with E-state index in [1.54, 1.807) is 18.2 Å². The van der Waals surface area contributed by atoms with Crippen LogP contribution >= 0.6 is 0 Å². The number of ether oxygens (including phenoxy) is 2. The molecule has 112 valence electrons. The van der Waals surface area contributed by atoms with E-state index in [4.69, 9.17) is 16.0 Å². The maximum atomic E-state index is 11.8. The number of nitrogens with two attached hydrogens (primary N) is 1. The van der Waals surface area contributed by atoms with Crippen molar-refractivity contribution in [3.05, 3.63) is 40.3 Å². The first kappa shape index (κ1) is 16.3. The molecule has 0 heterocycles. The summed E-state index contributed by atoms with van der Waals surface area (Å²) in [6.07, 6.45) is -1.71. The van der Waals surface area contributed by atoms with Gasteiger partial charge in [-0.25, -0.2) is 4.79 Å². The lowest BCUT2D eigenvalue weighted by Gasteiger charge is -2.12. The highest BCUT2D eigenvalue weighted by Crippen LogP contribution is 2.13. The summed E-state index contributed by atoms with van der Waals surface area (Å²) in [4.78, 5) is 24.9. The molecule has 0 saturated carbocycles. The Balaban J connectivity index is 2.38. The van der Waals surface area contributed by atoms with Crippen molar-refractivity contribution in [3.63, 3.8) is 0 Å². The van der Waals surface area contributed by atoms with Crippen LogP contribution in [0.25, 0.3) is 10.4 Å². The summed E-state index contributed by atoms with van der Waals surface area (Å²) in [5.74, 6) is -0.336. The van der Waals surface area contributed by atoms with Crippen LogP contribution in [0, 0.1) is 0 Å². The van der Waals surface area contributed by atoms with Crippen molar-refractivity contribution in [1.82, 2.24) is 5.32 Å². The lowest BCUT2D eigenvalue weighted by molar-refractivity contribution is -0.0869. The van der Waals surface area contributed by atoms with Gasteiger partial charge in [0.1, 0.15) is 0 Å². The van der Waals surface area contributed by atoms with Crippen LogP contribution in [0.2, 0.25) is 0 Å². The van der Waals surface area contributed by atoms with Crippen LogP contribution < -0.4 is 11.1 Å². The fourth-order valence-corrected chi connectivity index (χ4v) is 1.45. The van der Waals surface area contributed by atoms with Crippen molar-refractivity contribution in [2.75, 3.05) is 13.2 Å². The third-order valence-corrected chi connectivity index (χ3v) is 2.29. The molecule has 0 aliphatic heterocycles. The molecule has 0 radical (unpaired) electrons. The van der Waals surface area contributed by atoms with Crippen molar-refractivity contribution in [2.45, 2.75) is 13.2 Å². The summed E-state index contributed by atoms with van der Waals surface area (Å²) in [5.41, 5.74) is 13.9. The van der Waals surface area contributed by atoms with Crippen molar-refractivity contribution >= 4 is 17.7 Å². The molecule has 2 amide bonds. The number of rotatable bonds is 7. The summed E-state index contributed by atoms with van der Waals surface area (Å²) in [6, 6.07) is 6.25. The molecule has 0 bridgehead atoms. The van der Waals surface area contributed by atoms with Gasteiger partial charge in [0, 0.05) is 22.7 Å². The Kier molecular flexibility index (Phi) is 6.52. The minimum Gasteiger partial charge on any atom is -0.420 e. The summed E-state index contributed by atoms with van der Waals surface area (Å²) in [5, 5.41) is 6.02. The first-order valence-electron chi connectivity index (χ1n) is 6.04. The Labute approximate surface area is 120 Å². The van der Waals surface area contributed by atoms with Gasteiger partial charge < -0.3 is 20.5 Å². The highest BCUT2D eigenvalue weighted by molar-refractivity contribution is 5.94. The molecule has 0 saturated heterocycles. The number of primary amides is 1. The lowest BCUT2D eigenvalue weighted by Crippen LogP contribution is -2.30.